The highest BCUT2D eigenvalue weighted by atomic mass is 19.4. The zero-order valence-electron chi connectivity index (χ0n) is 9.08. The predicted molar refractivity (Wildman–Crippen MR) is 61.0 cm³/mol. The van der Waals surface area contributed by atoms with E-state index in [1.54, 1.807) is 24.4 Å². The molecule has 2 heterocycles. The lowest BCUT2D eigenvalue weighted by Gasteiger charge is -2.07. The van der Waals surface area contributed by atoms with Crippen LogP contribution in [-0.4, -0.2) is 4.98 Å². The van der Waals surface area contributed by atoms with Gasteiger partial charge in [-0.05, 0) is 18.2 Å². The normalized spacial score (nSPS) is 12.2. The van der Waals surface area contributed by atoms with Crippen molar-refractivity contribution < 1.29 is 17.6 Å². The molecule has 0 bridgehead atoms. The molecule has 5 heteroatoms. The van der Waals surface area contributed by atoms with E-state index in [2.05, 4.69) is 4.98 Å². The molecule has 0 saturated heterocycles. The Balaban J connectivity index is 2.09. The van der Waals surface area contributed by atoms with Crippen LogP contribution in [0.25, 0.3) is 22.4 Å². The van der Waals surface area contributed by atoms with Crippen molar-refractivity contribution in [1.82, 2.24) is 4.98 Å². The Morgan fingerprint density at radius 2 is 1.89 bits per heavy atom. The van der Waals surface area contributed by atoms with Crippen molar-refractivity contribution in [3.63, 3.8) is 0 Å². The van der Waals surface area contributed by atoms with Crippen LogP contribution in [-0.2, 0) is 6.18 Å². The maximum atomic E-state index is 12.6. The van der Waals surface area contributed by atoms with Gasteiger partial charge in [0.15, 0.2) is 5.58 Å². The molecule has 2 aromatic heterocycles. The van der Waals surface area contributed by atoms with Gasteiger partial charge in [-0.3, -0.25) is 0 Å². The lowest BCUT2D eigenvalue weighted by atomic mass is 10.1. The van der Waals surface area contributed by atoms with Crippen LogP contribution in [0.4, 0.5) is 13.2 Å². The molecule has 1 N–H and O–H groups in total. The molecule has 1 aromatic carbocycles. The number of fused-ring (bicyclic) bond motifs is 1. The topological polar surface area (TPSA) is 28.9 Å². The fourth-order valence-corrected chi connectivity index (χ4v) is 1.84. The van der Waals surface area contributed by atoms with Crippen LogP contribution in [0, 0.1) is 0 Å². The molecule has 0 saturated carbocycles. The number of alkyl halides is 3. The summed E-state index contributed by atoms with van der Waals surface area (Å²) in [5.74, 6) is 0.419. The van der Waals surface area contributed by atoms with Crippen LogP contribution in [0.5, 0.6) is 0 Å². The zero-order chi connectivity index (χ0) is 12.8. The highest BCUT2D eigenvalue weighted by Gasteiger charge is 2.30. The van der Waals surface area contributed by atoms with Gasteiger partial charge < -0.3 is 9.40 Å². The number of hydrogen-bond donors (Lipinski definition) is 1. The second-order valence-corrected chi connectivity index (χ2v) is 3.94. The molecule has 92 valence electrons. The number of hydrogen-bond acceptors (Lipinski definition) is 1. The van der Waals surface area contributed by atoms with Gasteiger partial charge >= 0.3 is 6.18 Å². The number of halogens is 3. The van der Waals surface area contributed by atoms with Gasteiger partial charge in [-0.25, -0.2) is 0 Å². The summed E-state index contributed by atoms with van der Waals surface area (Å²) in [7, 11) is 0. The SMILES string of the molecule is FC(F)(F)c1cccc(-c2cc3[nH]ccc3o2)c1. The number of furan rings is 1. The van der Waals surface area contributed by atoms with Crippen molar-refractivity contribution >= 4 is 11.1 Å². The van der Waals surface area contributed by atoms with E-state index in [-0.39, 0.29) is 0 Å². The quantitative estimate of drug-likeness (QED) is 0.680. The summed E-state index contributed by atoms with van der Waals surface area (Å²) in [6.45, 7) is 0. The number of aromatic amines is 1. The Labute approximate surface area is 100 Å². The van der Waals surface area contributed by atoms with Gasteiger partial charge in [0.25, 0.3) is 0 Å². The number of nitrogens with one attached hydrogen (secondary N) is 1. The fraction of sp³-hybridized carbons (Fsp3) is 0.0769. The highest BCUT2D eigenvalue weighted by molar-refractivity contribution is 5.79. The minimum Gasteiger partial charge on any atom is -0.454 e. The van der Waals surface area contributed by atoms with Gasteiger partial charge in [0.2, 0.25) is 0 Å². The van der Waals surface area contributed by atoms with Gasteiger partial charge in [-0.2, -0.15) is 13.2 Å². The number of rotatable bonds is 1. The first-order chi connectivity index (χ1) is 8.54. The second-order valence-electron chi connectivity index (χ2n) is 3.94. The number of benzene rings is 1. The summed E-state index contributed by atoms with van der Waals surface area (Å²) < 4.78 is 43.2. The average molecular weight is 251 g/mol. The van der Waals surface area contributed by atoms with Gasteiger partial charge in [0, 0.05) is 17.8 Å². The van der Waals surface area contributed by atoms with E-state index in [4.69, 9.17) is 4.42 Å². The molecule has 3 aromatic rings. The molecule has 18 heavy (non-hydrogen) atoms. The molecule has 0 unspecified atom stereocenters. The van der Waals surface area contributed by atoms with Crippen molar-refractivity contribution in [3.8, 4) is 11.3 Å². The van der Waals surface area contributed by atoms with Crippen LogP contribution < -0.4 is 0 Å². The molecule has 2 nitrogen and oxygen atoms in total. The third-order valence-corrected chi connectivity index (χ3v) is 2.71. The third-order valence-electron chi connectivity index (χ3n) is 2.71. The summed E-state index contributed by atoms with van der Waals surface area (Å²) in [6, 6.07) is 8.50. The van der Waals surface area contributed by atoms with Crippen LogP contribution >= 0.6 is 0 Å². The first-order valence-electron chi connectivity index (χ1n) is 5.28. The molecule has 0 spiro atoms. The summed E-state index contributed by atoms with van der Waals surface area (Å²) >= 11 is 0. The van der Waals surface area contributed by atoms with Crippen LogP contribution in [0.15, 0.2) is 47.0 Å². The van der Waals surface area contributed by atoms with Gasteiger partial charge in [0.1, 0.15) is 5.76 Å². The first kappa shape index (κ1) is 11.0. The van der Waals surface area contributed by atoms with E-state index in [0.29, 0.717) is 16.9 Å². The minimum absolute atomic E-state index is 0.412. The molecule has 0 atom stereocenters. The lowest BCUT2D eigenvalue weighted by molar-refractivity contribution is -0.137. The molecule has 0 fully saturated rings. The van der Waals surface area contributed by atoms with Crippen LogP contribution in [0.1, 0.15) is 5.56 Å². The maximum Gasteiger partial charge on any atom is 0.416 e. The number of aromatic nitrogens is 1. The van der Waals surface area contributed by atoms with Crippen molar-refractivity contribution in [2.45, 2.75) is 6.18 Å². The Morgan fingerprint density at radius 3 is 2.61 bits per heavy atom. The Kier molecular flexibility index (Phi) is 2.23. The summed E-state index contributed by atoms with van der Waals surface area (Å²) in [6.07, 6.45) is -2.63. The fourth-order valence-electron chi connectivity index (χ4n) is 1.84. The lowest BCUT2D eigenvalue weighted by Crippen LogP contribution is -2.04. The van der Waals surface area contributed by atoms with Gasteiger partial charge in [-0.1, -0.05) is 12.1 Å². The molecule has 3 rings (SSSR count). The van der Waals surface area contributed by atoms with Crippen LogP contribution in [0.3, 0.4) is 0 Å². The summed E-state index contributed by atoms with van der Waals surface area (Å²) in [5.41, 5.74) is 1.12. The number of H-pyrrole nitrogens is 1. The second kappa shape index (κ2) is 3.66. The van der Waals surface area contributed by atoms with Crippen molar-refractivity contribution in [2.24, 2.45) is 0 Å². The monoisotopic (exact) mass is 251 g/mol. The molecule has 0 aliphatic rings. The van der Waals surface area contributed by atoms with Gasteiger partial charge in [-0.15, -0.1) is 0 Å². The van der Waals surface area contributed by atoms with E-state index in [0.717, 1.165) is 17.6 Å². The van der Waals surface area contributed by atoms with E-state index in [9.17, 15) is 13.2 Å². The van der Waals surface area contributed by atoms with Crippen LogP contribution in [0.2, 0.25) is 0 Å². The molecule has 0 aliphatic heterocycles. The standard InChI is InChI=1S/C13H8F3NO/c14-13(15,16)9-3-1-2-8(6-9)12-7-10-11(18-12)4-5-17-10/h1-7,17H. The molecule has 0 radical (unpaired) electrons. The zero-order valence-corrected chi connectivity index (χ0v) is 9.08. The van der Waals surface area contributed by atoms with E-state index in [1.165, 1.54) is 6.07 Å². The Morgan fingerprint density at radius 1 is 1.06 bits per heavy atom. The summed E-state index contributed by atoms with van der Waals surface area (Å²) in [5, 5.41) is 0. The highest BCUT2D eigenvalue weighted by Crippen LogP contribution is 2.33. The van der Waals surface area contributed by atoms with Crippen molar-refractivity contribution in [2.75, 3.05) is 0 Å². The van der Waals surface area contributed by atoms with E-state index >= 15 is 0 Å². The smallest absolute Gasteiger partial charge is 0.416 e. The molecular weight excluding hydrogens is 243 g/mol. The largest absolute Gasteiger partial charge is 0.454 e. The maximum absolute atomic E-state index is 12.6. The molecule has 0 amide bonds. The average Bonchev–Trinajstić information content (AvgIpc) is 2.88. The molecular formula is C13H8F3NO. The Hall–Kier alpha value is -2.17. The van der Waals surface area contributed by atoms with Crippen molar-refractivity contribution in [1.29, 1.82) is 0 Å². The summed E-state index contributed by atoms with van der Waals surface area (Å²) in [4.78, 5) is 2.94. The van der Waals surface area contributed by atoms with Crippen molar-refractivity contribution in [3.05, 3.63) is 48.2 Å². The first-order valence-corrected chi connectivity index (χ1v) is 5.28. The predicted octanol–water partition coefficient (Wildman–Crippen LogP) is 4.45. The van der Waals surface area contributed by atoms with Gasteiger partial charge in [0.05, 0.1) is 11.1 Å². The minimum atomic E-state index is -4.34. The third kappa shape index (κ3) is 1.77. The van der Waals surface area contributed by atoms with E-state index < -0.39 is 11.7 Å². The molecule has 0 aliphatic carbocycles. The Bertz CT molecular complexity index is 665. The van der Waals surface area contributed by atoms with E-state index in [1.807, 2.05) is 0 Å².